The molecule has 25 heavy (non-hydrogen) atoms. The van der Waals surface area contributed by atoms with Gasteiger partial charge in [0.15, 0.2) is 0 Å². The molecule has 1 N–H and O–H groups in total. The molecule has 0 unspecified atom stereocenters. The molecule has 2 amide bonds. The van der Waals surface area contributed by atoms with Crippen LogP contribution in [0.15, 0.2) is 17.5 Å². The van der Waals surface area contributed by atoms with Crippen molar-refractivity contribution in [2.24, 2.45) is 5.92 Å². The molecule has 3 heterocycles. The van der Waals surface area contributed by atoms with Crippen molar-refractivity contribution in [3.05, 3.63) is 23.2 Å². The number of fused-ring (bicyclic) bond motifs is 1. The number of amides is 2. The third-order valence-electron chi connectivity index (χ3n) is 5.21. The van der Waals surface area contributed by atoms with Gasteiger partial charge in [0.25, 0.3) is 5.91 Å². The van der Waals surface area contributed by atoms with E-state index >= 15 is 0 Å². The molecule has 2 aromatic rings. The van der Waals surface area contributed by atoms with Crippen molar-refractivity contribution in [1.82, 2.24) is 14.8 Å². The number of carbonyl (C=O) groups is 2. The Kier molecular flexibility index (Phi) is 5.47. The molecule has 0 radical (unpaired) electrons. The first-order valence-electron chi connectivity index (χ1n) is 9.21. The second kappa shape index (κ2) is 7.60. The summed E-state index contributed by atoms with van der Waals surface area (Å²) in [6, 6.07) is 4.30. The zero-order chi connectivity index (χ0) is 18.0. The van der Waals surface area contributed by atoms with E-state index in [2.05, 4.69) is 35.2 Å². The molecule has 0 aromatic carbocycles. The van der Waals surface area contributed by atoms with Gasteiger partial charge in [-0.1, -0.05) is 6.92 Å². The molecule has 0 aliphatic carbocycles. The van der Waals surface area contributed by atoms with Crippen LogP contribution in [0.2, 0.25) is 0 Å². The predicted molar refractivity (Wildman–Crippen MR) is 102 cm³/mol. The van der Waals surface area contributed by atoms with Crippen LogP contribution in [0.4, 0.5) is 0 Å². The molecule has 0 bridgehead atoms. The molecule has 6 heteroatoms. The van der Waals surface area contributed by atoms with Gasteiger partial charge in [-0.25, -0.2) is 0 Å². The van der Waals surface area contributed by atoms with Crippen LogP contribution in [0.25, 0.3) is 10.2 Å². The number of hydrogen-bond acceptors (Lipinski definition) is 3. The van der Waals surface area contributed by atoms with E-state index in [-0.39, 0.29) is 23.8 Å². The van der Waals surface area contributed by atoms with Crippen molar-refractivity contribution in [2.75, 3.05) is 13.1 Å². The average Bonchev–Trinajstić information content (AvgIpc) is 3.21. The van der Waals surface area contributed by atoms with Gasteiger partial charge in [0.2, 0.25) is 5.91 Å². The number of aryl methyl sites for hydroxylation is 1. The molecule has 1 aliphatic rings. The van der Waals surface area contributed by atoms with E-state index in [1.54, 1.807) is 11.3 Å². The van der Waals surface area contributed by atoms with Gasteiger partial charge in [0.1, 0.15) is 5.69 Å². The van der Waals surface area contributed by atoms with Crippen molar-refractivity contribution in [3.63, 3.8) is 0 Å². The summed E-state index contributed by atoms with van der Waals surface area (Å²) in [6.07, 6.45) is 2.43. The van der Waals surface area contributed by atoms with Gasteiger partial charge in [-0.2, -0.15) is 0 Å². The molecule has 1 atom stereocenters. The first-order chi connectivity index (χ1) is 12.0. The van der Waals surface area contributed by atoms with E-state index < -0.39 is 0 Å². The summed E-state index contributed by atoms with van der Waals surface area (Å²) in [7, 11) is 0. The molecule has 0 spiro atoms. The van der Waals surface area contributed by atoms with Gasteiger partial charge >= 0.3 is 0 Å². The highest BCUT2D eigenvalue weighted by Gasteiger charge is 2.29. The van der Waals surface area contributed by atoms with Crippen molar-refractivity contribution < 1.29 is 9.59 Å². The largest absolute Gasteiger partial charge is 0.353 e. The summed E-state index contributed by atoms with van der Waals surface area (Å²) in [5.41, 5.74) is 1.91. The second-order valence-electron chi connectivity index (χ2n) is 6.83. The Morgan fingerprint density at radius 1 is 1.32 bits per heavy atom. The third-order valence-corrected chi connectivity index (χ3v) is 6.07. The summed E-state index contributed by atoms with van der Waals surface area (Å²) in [4.78, 5) is 27.1. The lowest BCUT2D eigenvalue weighted by Gasteiger charge is -2.32. The minimum absolute atomic E-state index is 0.0273. The van der Waals surface area contributed by atoms with Crippen molar-refractivity contribution >= 4 is 33.4 Å². The number of nitrogens with zero attached hydrogens (tertiary/aromatic N) is 2. The summed E-state index contributed by atoms with van der Waals surface area (Å²) < 4.78 is 3.25. The topological polar surface area (TPSA) is 54.3 Å². The van der Waals surface area contributed by atoms with Gasteiger partial charge in [-0.3, -0.25) is 9.59 Å². The van der Waals surface area contributed by atoms with Crippen molar-refractivity contribution in [2.45, 2.75) is 52.6 Å². The van der Waals surface area contributed by atoms with Crippen LogP contribution in [0, 0.1) is 5.92 Å². The Bertz CT molecular complexity index is 756. The zero-order valence-electron chi connectivity index (χ0n) is 15.2. The Morgan fingerprint density at radius 3 is 2.68 bits per heavy atom. The Hall–Kier alpha value is -1.82. The number of nitrogens with one attached hydrogen (secondary N) is 1. The lowest BCUT2D eigenvalue weighted by molar-refractivity contribution is -0.126. The number of rotatable bonds is 5. The van der Waals surface area contributed by atoms with Gasteiger partial charge in [0, 0.05) is 31.6 Å². The molecule has 2 aromatic heterocycles. The van der Waals surface area contributed by atoms with Crippen molar-refractivity contribution in [3.8, 4) is 0 Å². The standard InChI is InChI=1S/C19H27N3O2S/c1-4-13(3)20-18(23)14-6-9-21(10-7-14)19(24)16-12-17-15(8-11-25-17)22(16)5-2/h8,11-14H,4-7,9-10H2,1-3H3,(H,20,23)/t13-/m0/s1. The third kappa shape index (κ3) is 3.59. The van der Waals surface area contributed by atoms with Crippen LogP contribution in [0.5, 0.6) is 0 Å². The fourth-order valence-electron chi connectivity index (χ4n) is 3.46. The van der Waals surface area contributed by atoms with Crippen LogP contribution >= 0.6 is 11.3 Å². The molecule has 136 valence electrons. The number of carbonyl (C=O) groups excluding carboxylic acids is 2. The summed E-state index contributed by atoms with van der Waals surface area (Å²) in [5.74, 6) is 0.254. The van der Waals surface area contributed by atoms with Gasteiger partial charge in [-0.15, -0.1) is 11.3 Å². The highest BCUT2D eigenvalue weighted by molar-refractivity contribution is 7.17. The van der Waals surface area contributed by atoms with Crippen LogP contribution in [-0.2, 0) is 11.3 Å². The van der Waals surface area contributed by atoms with Crippen LogP contribution in [0.3, 0.4) is 0 Å². The molecule has 1 saturated heterocycles. The lowest BCUT2D eigenvalue weighted by atomic mass is 9.95. The van der Waals surface area contributed by atoms with E-state index in [0.717, 1.165) is 41.7 Å². The minimum atomic E-state index is 0.0273. The fraction of sp³-hybridized carbons (Fsp3) is 0.579. The highest BCUT2D eigenvalue weighted by Crippen LogP contribution is 2.27. The Labute approximate surface area is 153 Å². The zero-order valence-corrected chi connectivity index (χ0v) is 16.1. The molecule has 3 rings (SSSR count). The van der Waals surface area contributed by atoms with Crippen molar-refractivity contribution in [1.29, 1.82) is 0 Å². The number of thiophene rings is 1. The Balaban J connectivity index is 1.65. The first kappa shape index (κ1) is 18.0. The van der Waals surface area contributed by atoms with Gasteiger partial charge in [0.05, 0.1) is 10.2 Å². The van der Waals surface area contributed by atoms with Crippen LogP contribution in [-0.4, -0.2) is 40.4 Å². The van der Waals surface area contributed by atoms with Crippen LogP contribution < -0.4 is 5.32 Å². The minimum Gasteiger partial charge on any atom is -0.353 e. The van der Waals surface area contributed by atoms with Crippen LogP contribution in [0.1, 0.15) is 50.5 Å². The fourth-order valence-corrected chi connectivity index (χ4v) is 4.29. The number of piperidine rings is 1. The van der Waals surface area contributed by atoms with E-state index in [1.807, 2.05) is 17.9 Å². The highest BCUT2D eigenvalue weighted by atomic mass is 32.1. The van der Waals surface area contributed by atoms with E-state index in [4.69, 9.17) is 0 Å². The normalized spacial score (nSPS) is 17.0. The molecule has 1 aliphatic heterocycles. The molecule has 0 saturated carbocycles. The number of aromatic nitrogens is 1. The molecular weight excluding hydrogens is 334 g/mol. The smallest absolute Gasteiger partial charge is 0.270 e. The maximum absolute atomic E-state index is 13.0. The molecule has 5 nitrogen and oxygen atoms in total. The van der Waals surface area contributed by atoms with E-state index in [9.17, 15) is 9.59 Å². The second-order valence-corrected chi connectivity index (χ2v) is 7.78. The van der Waals surface area contributed by atoms with Gasteiger partial charge in [-0.05, 0) is 50.6 Å². The summed E-state index contributed by atoms with van der Waals surface area (Å²) in [5, 5.41) is 5.12. The average molecular weight is 362 g/mol. The summed E-state index contributed by atoms with van der Waals surface area (Å²) in [6.45, 7) is 8.26. The van der Waals surface area contributed by atoms with E-state index in [0.29, 0.717) is 13.1 Å². The lowest BCUT2D eigenvalue weighted by Crippen LogP contribution is -2.45. The number of hydrogen-bond donors (Lipinski definition) is 1. The van der Waals surface area contributed by atoms with Gasteiger partial charge < -0.3 is 14.8 Å². The summed E-state index contributed by atoms with van der Waals surface area (Å²) >= 11 is 1.67. The molecular formula is C19H27N3O2S. The quantitative estimate of drug-likeness (QED) is 0.886. The maximum Gasteiger partial charge on any atom is 0.270 e. The maximum atomic E-state index is 13.0. The van der Waals surface area contributed by atoms with E-state index in [1.165, 1.54) is 0 Å². The number of likely N-dealkylation sites (tertiary alicyclic amines) is 1. The first-order valence-corrected chi connectivity index (χ1v) is 10.1. The molecule has 1 fully saturated rings. The Morgan fingerprint density at radius 2 is 2.04 bits per heavy atom. The SMILES string of the molecule is CC[C@H](C)NC(=O)C1CCN(C(=O)c2cc3sccc3n2CC)CC1. The predicted octanol–water partition coefficient (Wildman–Crippen LogP) is 3.49. The monoisotopic (exact) mass is 361 g/mol.